The first-order valence-corrected chi connectivity index (χ1v) is 4.26. The highest BCUT2D eigenvalue weighted by atomic mass is 15.1. The number of nitrogens with two attached hydrogens (primary N) is 1. The van der Waals surface area contributed by atoms with E-state index in [0.717, 1.165) is 6.54 Å². The average molecular weight is 162 g/mol. The number of para-hydroxylation sites is 1. The van der Waals surface area contributed by atoms with Gasteiger partial charge in [-0.25, -0.2) is 0 Å². The van der Waals surface area contributed by atoms with E-state index < -0.39 is 0 Å². The van der Waals surface area contributed by atoms with Crippen LogP contribution in [-0.2, 0) is 0 Å². The van der Waals surface area contributed by atoms with Crippen LogP contribution < -0.4 is 10.6 Å². The van der Waals surface area contributed by atoms with Crippen LogP contribution in [0.5, 0.6) is 0 Å². The molecule has 2 nitrogen and oxygen atoms in total. The van der Waals surface area contributed by atoms with Gasteiger partial charge in [-0.1, -0.05) is 18.2 Å². The maximum atomic E-state index is 5.96. The fraction of sp³-hybridized carbons (Fsp3) is 0.400. The normalized spacial score (nSPS) is 21.2. The quantitative estimate of drug-likeness (QED) is 0.625. The first-order chi connectivity index (χ1) is 5.70. The number of aryl methyl sites for hydroxylation is 1. The second kappa shape index (κ2) is 2.49. The van der Waals surface area contributed by atoms with Crippen molar-refractivity contribution in [2.24, 2.45) is 5.73 Å². The molecule has 1 aliphatic heterocycles. The predicted octanol–water partition coefficient (Wildman–Crippen LogP) is 1.44. The number of likely N-dealkylation sites (N-methyl/N-ethyl adjacent to an activating group) is 1. The number of benzene rings is 1. The minimum Gasteiger partial charge on any atom is -0.372 e. The van der Waals surface area contributed by atoms with E-state index in [2.05, 4.69) is 37.1 Å². The summed E-state index contributed by atoms with van der Waals surface area (Å²) in [5.41, 5.74) is 9.90. The van der Waals surface area contributed by atoms with Gasteiger partial charge in [-0.15, -0.1) is 0 Å². The van der Waals surface area contributed by atoms with Crippen LogP contribution in [0, 0.1) is 6.92 Å². The van der Waals surface area contributed by atoms with Crippen LogP contribution in [0.2, 0.25) is 0 Å². The molecule has 0 amide bonds. The summed E-state index contributed by atoms with van der Waals surface area (Å²) in [7, 11) is 2.10. The molecule has 12 heavy (non-hydrogen) atoms. The molecular weight excluding hydrogens is 148 g/mol. The zero-order chi connectivity index (χ0) is 8.72. The van der Waals surface area contributed by atoms with E-state index in [1.165, 1.54) is 16.8 Å². The highest BCUT2D eigenvalue weighted by molar-refractivity contribution is 5.63. The summed E-state index contributed by atoms with van der Waals surface area (Å²) in [5.74, 6) is 0. The van der Waals surface area contributed by atoms with Crippen molar-refractivity contribution in [3.05, 3.63) is 29.3 Å². The molecule has 1 aromatic rings. The van der Waals surface area contributed by atoms with Crippen LogP contribution in [0.15, 0.2) is 18.2 Å². The van der Waals surface area contributed by atoms with Crippen LogP contribution >= 0.6 is 0 Å². The van der Waals surface area contributed by atoms with Crippen LogP contribution in [0.25, 0.3) is 0 Å². The topological polar surface area (TPSA) is 29.3 Å². The Kier molecular flexibility index (Phi) is 1.58. The molecule has 2 rings (SSSR count). The second-order valence-corrected chi connectivity index (χ2v) is 3.50. The second-order valence-electron chi connectivity index (χ2n) is 3.50. The Bertz CT molecular complexity index is 307. The van der Waals surface area contributed by atoms with Crippen LogP contribution in [0.4, 0.5) is 5.69 Å². The van der Waals surface area contributed by atoms with E-state index in [0.29, 0.717) is 0 Å². The highest BCUT2D eigenvalue weighted by Crippen LogP contribution is 2.34. The van der Waals surface area contributed by atoms with Crippen molar-refractivity contribution >= 4 is 5.69 Å². The van der Waals surface area contributed by atoms with E-state index in [-0.39, 0.29) is 6.04 Å². The summed E-state index contributed by atoms with van der Waals surface area (Å²) >= 11 is 0. The lowest BCUT2D eigenvalue weighted by Crippen LogP contribution is -2.19. The van der Waals surface area contributed by atoms with Crippen molar-refractivity contribution in [1.29, 1.82) is 0 Å². The summed E-state index contributed by atoms with van der Waals surface area (Å²) in [6.45, 7) is 3.08. The number of fused-ring (bicyclic) bond motifs is 1. The van der Waals surface area contributed by atoms with E-state index in [9.17, 15) is 0 Å². The van der Waals surface area contributed by atoms with Gasteiger partial charge < -0.3 is 10.6 Å². The van der Waals surface area contributed by atoms with Gasteiger partial charge in [-0.3, -0.25) is 0 Å². The molecule has 2 N–H and O–H groups in total. The molecule has 1 atom stereocenters. The molecule has 1 heterocycles. The Labute approximate surface area is 73.0 Å². The third kappa shape index (κ3) is 0.916. The molecule has 0 aliphatic carbocycles. The largest absolute Gasteiger partial charge is 0.372 e. The van der Waals surface area contributed by atoms with Crippen LogP contribution in [0.3, 0.4) is 0 Å². The molecule has 0 saturated heterocycles. The van der Waals surface area contributed by atoms with Crippen LogP contribution in [0.1, 0.15) is 17.2 Å². The molecule has 0 saturated carbocycles. The Morgan fingerprint density at radius 2 is 2.25 bits per heavy atom. The summed E-state index contributed by atoms with van der Waals surface area (Å²) < 4.78 is 0. The zero-order valence-electron chi connectivity index (χ0n) is 7.54. The summed E-state index contributed by atoms with van der Waals surface area (Å²) in [6.07, 6.45) is 0. The molecule has 0 fully saturated rings. The number of nitrogens with zero attached hydrogens (tertiary/aromatic N) is 1. The minimum atomic E-state index is 0.199. The summed E-state index contributed by atoms with van der Waals surface area (Å²) in [5, 5.41) is 0. The van der Waals surface area contributed by atoms with E-state index >= 15 is 0 Å². The monoisotopic (exact) mass is 162 g/mol. The Morgan fingerprint density at radius 1 is 1.50 bits per heavy atom. The fourth-order valence-electron chi connectivity index (χ4n) is 1.99. The maximum Gasteiger partial charge on any atom is 0.0493 e. The van der Waals surface area contributed by atoms with E-state index in [1.807, 2.05) is 0 Å². The lowest BCUT2D eigenvalue weighted by molar-refractivity contribution is 0.760. The SMILES string of the molecule is Cc1cccc2c1N(C)CC2N. The van der Waals surface area contributed by atoms with Crippen molar-refractivity contribution in [3.8, 4) is 0 Å². The van der Waals surface area contributed by atoms with Gasteiger partial charge in [0.15, 0.2) is 0 Å². The predicted molar refractivity (Wildman–Crippen MR) is 51.4 cm³/mol. The number of hydrogen-bond acceptors (Lipinski definition) is 2. The fourth-order valence-corrected chi connectivity index (χ4v) is 1.99. The molecule has 1 aliphatic rings. The summed E-state index contributed by atoms with van der Waals surface area (Å²) in [4.78, 5) is 2.23. The smallest absolute Gasteiger partial charge is 0.0493 e. The molecule has 0 aromatic heterocycles. The molecular formula is C10H14N2. The number of hydrogen-bond donors (Lipinski definition) is 1. The third-order valence-corrected chi connectivity index (χ3v) is 2.52. The molecule has 1 unspecified atom stereocenters. The van der Waals surface area contributed by atoms with Crippen molar-refractivity contribution in [1.82, 2.24) is 0 Å². The van der Waals surface area contributed by atoms with Gasteiger partial charge >= 0.3 is 0 Å². The Morgan fingerprint density at radius 3 is 2.92 bits per heavy atom. The molecule has 0 radical (unpaired) electrons. The lowest BCUT2D eigenvalue weighted by Gasteiger charge is -2.13. The molecule has 1 aromatic carbocycles. The van der Waals surface area contributed by atoms with Crippen LogP contribution in [-0.4, -0.2) is 13.6 Å². The number of rotatable bonds is 0. The van der Waals surface area contributed by atoms with Gasteiger partial charge in [0.25, 0.3) is 0 Å². The Hall–Kier alpha value is -1.02. The standard InChI is InChI=1S/C10H14N2/c1-7-4-3-5-8-9(11)6-12(2)10(7)8/h3-5,9H,6,11H2,1-2H3. The summed E-state index contributed by atoms with van der Waals surface area (Å²) in [6, 6.07) is 6.53. The zero-order valence-corrected chi connectivity index (χ0v) is 7.54. The van der Waals surface area contributed by atoms with Crippen molar-refractivity contribution in [3.63, 3.8) is 0 Å². The van der Waals surface area contributed by atoms with Gasteiger partial charge in [0.1, 0.15) is 0 Å². The average Bonchev–Trinajstić information content (AvgIpc) is 2.29. The lowest BCUT2D eigenvalue weighted by atomic mass is 10.1. The first kappa shape index (κ1) is 7.62. The Balaban J connectivity index is 2.59. The van der Waals surface area contributed by atoms with E-state index in [4.69, 9.17) is 5.73 Å². The minimum absolute atomic E-state index is 0.199. The molecule has 0 spiro atoms. The van der Waals surface area contributed by atoms with Gasteiger partial charge in [0, 0.05) is 25.3 Å². The maximum absolute atomic E-state index is 5.96. The van der Waals surface area contributed by atoms with Gasteiger partial charge in [0.2, 0.25) is 0 Å². The van der Waals surface area contributed by atoms with E-state index in [1.54, 1.807) is 0 Å². The number of anilines is 1. The molecule has 0 bridgehead atoms. The molecule has 64 valence electrons. The first-order valence-electron chi connectivity index (χ1n) is 4.26. The molecule has 2 heteroatoms. The van der Waals surface area contributed by atoms with Crippen molar-refractivity contribution < 1.29 is 0 Å². The van der Waals surface area contributed by atoms with Gasteiger partial charge in [-0.2, -0.15) is 0 Å². The highest BCUT2D eigenvalue weighted by Gasteiger charge is 2.23. The van der Waals surface area contributed by atoms with Crippen molar-refractivity contribution in [2.45, 2.75) is 13.0 Å². The van der Waals surface area contributed by atoms with Crippen molar-refractivity contribution in [2.75, 3.05) is 18.5 Å². The van der Waals surface area contributed by atoms with Gasteiger partial charge in [0.05, 0.1) is 0 Å². The van der Waals surface area contributed by atoms with Gasteiger partial charge in [-0.05, 0) is 18.1 Å². The third-order valence-electron chi connectivity index (χ3n) is 2.52.